The summed E-state index contributed by atoms with van der Waals surface area (Å²) in [6.45, 7) is 0. The first kappa shape index (κ1) is 38.6. The van der Waals surface area contributed by atoms with E-state index in [1.54, 1.807) is 16.8 Å². The molecule has 0 aromatic heterocycles. The number of anilines is 1. The molecule has 0 bridgehead atoms. The van der Waals surface area contributed by atoms with Crippen LogP contribution in [0, 0.1) is 41.4 Å². The molecule has 2 saturated heterocycles. The Balaban J connectivity index is 0.896. The molecule has 2 nitrogen and oxygen atoms in total. The summed E-state index contributed by atoms with van der Waals surface area (Å²) in [6.07, 6.45) is 51.2. The molecule has 0 N–H and O–H groups in total. The molecule has 13 atom stereocenters. The van der Waals surface area contributed by atoms with E-state index < -0.39 is 0 Å². The Hall–Kier alpha value is -5.08. The first-order valence-corrected chi connectivity index (χ1v) is 24.7. The number of likely N-dealkylation sites (tertiary alicyclic amines) is 1. The highest BCUT2D eigenvalue weighted by atomic mass is 15.3. The van der Waals surface area contributed by atoms with Crippen LogP contribution in [-0.4, -0.2) is 29.1 Å². The van der Waals surface area contributed by atoms with Gasteiger partial charge in [-0.1, -0.05) is 182 Å². The summed E-state index contributed by atoms with van der Waals surface area (Å²) in [6, 6.07) is 34.7. The van der Waals surface area contributed by atoms with Crippen LogP contribution in [0.4, 0.5) is 5.69 Å². The van der Waals surface area contributed by atoms with Gasteiger partial charge in [0, 0.05) is 53.1 Å². The Bertz CT molecular complexity index is 2390. The van der Waals surface area contributed by atoms with Gasteiger partial charge in [-0.2, -0.15) is 0 Å². The minimum absolute atomic E-state index is 0.396. The van der Waals surface area contributed by atoms with Gasteiger partial charge in [0.1, 0.15) is 0 Å². The molecule has 12 rings (SSSR count). The van der Waals surface area contributed by atoms with Gasteiger partial charge in [0.2, 0.25) is 0 Å². The number of fused-ring (bicyclic) bond motifs is 7. The fourth-order valence-corrected chi connectivity index (χ4v) is 14.4. The van der Waals surface area contributed by atoms with Crippen LogP contribution in [0.2, 0.25) is 0 Å². The highest BCUT2D eigenvalue weighted by Crippen LogP contribution is 2.58. The lowest BCUT2D eigenvalue weighted by molar-refractivity contribution is 0.124. The molecule has 2 aliphatic heterocycles. The van der Waals surface area contributed by atoms with Crippen molar-refractivity contribution in [1.29, 1.82) is 0 Å². The lowest BCUT2D eigenvalue weighted by Gasteiger charge is -2.46. The summed E-state index contributed by atoms with van der Waals surface area (Å²) in [7, 11) is 0. The third-order valence-corrected chi connectivity index (χ3v) is 17.2. The maximum Gasteiger partial charge on any atom is 0.0545 e. The lowest BCUT2D eigenvalue weighted by atomic mass is 9.68. The van der Waals surface area contributed by atoms with Gasteiger partial charge in [-0.25, -0.2) is 0 Å². The summed E-state index contributed by atoms with van der Waals surface area (Å²) >= 11 is 0. The van der Waals surface area contributed by atoms with Gasteiger partial charge in [0.25, 0.3) is 0 Å². The van der Waals surface area contributed by atoms with Crippen LogP contribution in [0.5, 0.6) is 0 Å². The number of benzene rings is 3. The molecule has 0 amide bonds. The molecule has 3 fully saturated rings. The molecule has 0 spiro atoms. The summed E-state index contributed by atoms with van der Waals surface area (Å²) in [5.41, 5.74) is 10.3. The zero-order valence-corrected chi connectivity index (χ0v) is 36.4. The fraction of sp³-hybridized carbons (Fsp3) is 0.400. The minimum Gasteiger partial charge on any atom is -0.364 e. The molecule has 0 radical (unpaired) electrons. The highest BCUT2D eigenvalue weighted by Gasteiger charge is 2.60. The standard InChI is InChI=1S/C60H64N2/c1-5-17-41(18-6-1)46-35-47(42-19-7-2-8-20-42)37-48(36-46)45-29-31-51(32-30-45)61-57-28-16-14-26-55(57)59-58(61)34-33-54-53-25-13-15-27-56(53)62(60(54)59)52-39-49(43-21-9-3-10-22-43)38-50(40-52)44-23-11-4-12-24-44/h1-11,13,15,17-19,21-22,25,27,29-34,36-37,40,42,44,46,49-50,53-60H,12,14,16,20,23-24,26,28,35,38-39H2. The lowest BCUT2D eigenvalue weighted by Crippen LogP contribution is -2.49. The van der Waals surface area contributed by atoms with Crippen molar-refractivity contribution in [1.82, 2.24) is 4.90 Å². The molecular formula is C60H64N2. The number of hydrogen-bond donors (Lipinski definition) is 0. The van der Waals surface area contributed by atoms with E-state index >= 15 is 0 Å². The average molecular weight is 813 g/mol. The predicted molar refractivity (Wildman–Crippen MR) is 258 cm³/mol. The molecule has 9 aliphatic rings. The number of allylic oxidation sites excluding steroid dienone is 14. The largest absolute Gasteiger partial charge is 0.364 e. The molecule has 13 unspecified atom stereocenters. The van der Waals surface area contributed by atoms with Gasteiger partial charge in [-0.3, -0.25) is 0 Å². The van der Waals surface area contributed by atoms with Crippen LogP contribution in [0.15, 0.2) is 187 Å². The second kappa shape index (κ2) is 16.6. The van der Waals surface area contributed by atoms with Crippen LogP contribution in [-0.2, 0) is 0 Å². The Morgan fingerprint density at radius 1 is 0.565 bits per heavy atom. The molecule has 2 heterocycles. The van der Waals surface area contributed by atoms with Crippen molar-refractivity contribution in [3.8, 4) is 0 Å². The third kappa shape index (κ3) is 6.92. The average Bonchev–Trinajstić information content (AvgIpc) is 3.88. The minimum atomic E-state index is 0.396. The van der Waals surface area contributed by atoms with Crippen LogP contribution in [0.25, 0.3) is 5.57 Å². The van der Waals surface area contributed by atoms with Gasteiger partial charge in [-0.05, 0) is 116 Å². The van der Waals surface area contributed by atoms with Gasteiger partial charge >= 0.3 is 0 Å². The van der Waals surface area contributed by atoms with Crippen LogP contribution in [0.1, 0.15) is 99.2 Å². The quantitative estimate of drug-likeness (QED) is 0.219. The van der Waals surface area contributed by atoms with Crippen LogP contribution < -0.4 is 4.90 Å². The predicted octanol–water partition coefficient (Wildman–Crippen LogP) is 14.1. The van der Waals surface area contributed by atoms with E-state index in [2.05, 4.69) is 186 Å². The van der Waals surface area contributed by atoms with E-state index in [0.717, 1.165) is 25.2 Å². The summed E-state index contributed by atoms with van der Waals surface area (Å²) < 4.78 is 0. The normalized spacial score (nSPS) is 36.6. The van der Waals surface area contributed by atoms with Crippen molar-refractivity contribution < 1.29 is 0 Å². The van der Waals surface area contributed by atoms with E-state index in [4.69, 9.17) is 0 Å². The topological polar surface area (TPSA) is 6.48 Å². The van der Waals surface area contributed by atoms with Crippen LogP contribution in [0.3, 0.4) is 0 Å². The first-order valence-electron chi connectivity index (χ1n) is 24.7. The van der Waals surface area contributed by atoms with Crippen molar-refractivity contribution in [3.05, 3.63) is 204 Å². The van der Waals surface area contributed by atoms with Gasteiger partial charge in [0.05, 0.1) is 12.1 Å². The van der Waals surface area contributed by atoms with E-state index in [9.17, 15) is 0 Å². The summed E-state index contributed by atoms with van der Waals surface area (Å²) in [5.74, 6) is 5.25. The van der Waals surface area contributed by atoms with E-state index in [1.165, 1.54) is 73.8 Å². The molecule has 1 saturated carbocycles. The SMILES string of the molecule is C1=CCC(C2=CC(c3ccc(N4C5C=CC6C7C=CC=CC7N(C7=CC(C8CC=CCC8)CC(c8ccccc8)C7)C6C5C5CCCCC54)cc3)=CC(c3ccccc3)C2)C=C1. The summed E-state index contributed by atoms with van der Waals surface area (Å²) in [4.78, 5) is 6.02. The van der Waals surface area contributed by atoms with Gasteiger partial charge < -0.3 is 9.80 Å². The summed E-state index contributed by atoms with van der Waals surface area (Å²) in [5, 5.41) is 0. The van der Waals surface area contributed by atoms with Crippen molar-refractivity contribution >= 4 is 11.3 Å². The second-order valence-corrected chi connectivity index (χ2v) is 20.4. The van der Waals surface area contributed by atoms with Crippen molar-refractivity contribution in [3.63, 3.8) is 0 Å². The monoisotopic (exact) mass is 813 g/mol. The zero-order valence-electron chi connectivity index (χ0n) is 36.4. The van der Waals surface area contributed by atoms with Crippen molar-refractivity contribution in [2.24, 2.45) is 41.4 Å². The number of nitrogens with zero attached hydrogens (tertiary/aromatic N) is 2. The maximum atomic E-state index is 3.08. The van der Waals surface area contributed by atoms with Gasteiger partial charge in [-0.15, -0.1) is 0 Å². The Morgan fingerprint density at radius 3 is 2.18 bits per heavy atom. The molecule has 3 aromatic carbocycles. The molecule has 7 aliphatic carbocycles. The third-order valence-electron chi connectivity index (χ3n) is 17.2. The number of rotatable bonds is 7. The fourth-order valence-electron chi connectivity index (χ4n) is 14.4. The second-order valence-electron chi connectivity index (χ2n) is 20.4. The smallest absolute Gasteiger partial charge is 0.0545 e. The molecular weight excluding hydrogens is 749 g/mol. The Morgan fingerprint density at radius 2 is 1.37 bits per heavy atom. The van der Waals surface area contributed by atoms with E-state index in [0.29, 0.717) is 71.5 Å². The van der Waals surface area contributed by atoms with Gasteiger partial charge in [0.15, 0.2) is 0 Å². The molecule has 314 valence electrons. The molecule has 3 aromatic rings. The zero-order chi connectivity index (χ0) is 41.0. The van der Waals surface area contributed by atoms with Crippen molar-refractivity contribution in [2.45, 2.75) is 107 Å². The van der Waals surface area contributed by atoms with Crippen LogP contribution >= 0.6 is 0 Å². The molecule has 62 heavy (non-hydrogen) atoms. The van der Waals surface area contributed by atoms with Crippen molar-refractivity contribution in [2.75, 3.05) is 4.90 Å². The highest BCUT2D eigenvalue weighted by molar-refractivity contribution is 5.78. The Labute approximate surface area is 371 Å². The molecule has 2 heteroatoms. The maximum absolute atomic E-state index is 3.08. The Kier molecular flexibility index (Phi) is 10.3. The first-order chi connectivity index (χ1) is 30.7. The van der Waals surface area contributed by atoms with E-state index in [-0.39, 0.29) is 0 Å². The van der Waals surface area contributed by atoms with E-state index in [1.807, 2.05) is 0 Å². The number of hydrogen-bond acceptors (Lipinski definition) is 2.